The summed E-state index contributed by atoms with van der Waals surface area (Å²) in [4.78, 5) is 40.9. The molecule has 3 atom stereocenters. The molecule has 0 spiro atoms. The van der Waals surface area contributed by atoms with Crippen molar-refractivity contribution in [2.75, 3.05) is 29.9 Å². The summed E-state index contributed by atoms with van der Waals surface area (Å²) in [5.74, 6) is 1.65. The molecule has 1 saturated carbocycles. The number of carbonyl (C=O) groups excluding carboxylic acids is 2. The van der Waals surface area contributed by atoms with Gasteiger partial charge in [-0.3, -0.25) is 9.69 Å². The zero-order valence-electron chi connectivity index (χ0n) is 23.5. The molecule has 6 rings (SSSR count). The number of cyclic esters (lactones) is 1. The summed E-state index contributed by atoms with van der Waals surface area (Å²) in [7, 11) is 0. The number of aromatic nitrogens is 1. The van der Waals surface area contributed by atoms with Crippen LogP contribution in [0.4, 0.5) is 21.2 Å². The van der Waals surface area contributed by atoms with Crippen molar-refractivity contribution in [3.63, 3.8) is 0 Å². The molecule has 4 N–H and O–H groups in total. The maximum absolute atomic E-state index is 12.5. The van der Waals surface area contributed by atoms with Gasteiger partial charge in [0.15, 0.2) is 18.2 Å². The molecule has 1 aromatic heterocycles. The Morgan fingerprint density at radius 2 is 1.93 bits per heavy atom. The maximum Gasteiger partial charge on any atom is 0.415 e. The number of ether oxygens (including phenoxy) is 3. The Morgan fingerprint density at radius 3 is 2.79 bits per heavy atom. The third kappa shape index (κ3) is 6.97. The second kappa shape index (κ2) is 12.6. The van der Waals surface area contributed by atoms with Crippen LogP contribution in [0.2, 0.25) is 0 Å². The second-order valence-corrected chi connectivity index (χ2v) is 10.9. The molecule has 0 bridgehead atoms. The number of rotatable bonds is 10. The minimum absolute atomic E-state index is 0.0135. The Bertz CT molecular complexity index is 1520. The first-order chi connectivity index (χ1) is 20.9. The van der Waals surface area contributed by atoms with Crippen molar-refractivity contribution >= 4 is 29.7 Å². The lowest BCUT2D eigenvalue weighted by Gasteiger charge is -2.19. The third-order valence-electron chi connectivity index (χ3n) is 7.69. The summed E-state index contributed by atoms with van der Waals surface area (Å²) < 4.78 is 17.1. The van der Waals surface area contributed by atoms with Crippen LogP contribution in [-0.4, -0.2) is 66.1 Å². The molecule has 2 fully saturated rings. The average molecular weight is 588 g/mol. The lowest BCUT2D eigenvalue weighted by molar-refractivity contribution is -0.118. The van der Waals surface area contributed by atoms with Gasteiger partial charge in [0.2, 0.25) is 0 Å². The SMILES string of the molecule is O=C(O)N[C@H]1CC[C@@H](Oc2cccc(-c3cccc(CNCCC4CN(c5ccc6c(n5)NC(=O)CO6)C(=O)O4)c3)c2)C1. The molecule has 3 aromatic rings. The lowest BCUT2D eigenvalue weighted by atomic mass is 10.0. The Hall–Kier alpha value is -4.84. The van der Waals surface area contributed by atoms with Crippen LogP contribution < -0.4 is 30.3 Å². The van der Waals surface area contributed by atoms with Crippen molar-refractivity contribution in [1.29, 1.82) is 0 Å². The minimum atomic E-state index is -0.997. The van der Waals surface area contributed by atoms with E-state index < -0.39 is 12.2 Å². The predicted molar refractivity (Wildman–Crippen MR) is 157 cm³/mol. The zero-order chi connectivity index (χ0) is 29.8. The topological polar surface area (TPSA) is 151 Å². The standard InChI is InChI=1S/C31H33N5O7/c37-28-18-41-26-9-10-27(34-29(26)35-28)36-17-25(43-31(36)40)11-12-32-16-19-3-1-4-20(13-19)21-5-2-6-23(14-21)42-24-8-7-22(15-24)33-30(38)39/h1-6,9-10,13-14,22,24-25,32-33H,7-8,11-12,15-18H2,(H,38,39)(H,34,35,37)/t22-,24+,25?/m0/s1. The first-order valence-corrected chi connectivity index (χ1v) is 14.4. The lowest BCUT2D eigenvalue weighted by Crippen LogP contribution is -2.32. The Morgan fingerprint density at radius 1 is 1.09 bits per heavy atom. The molecular weight excluding hydrogens is 554 g/mol. The first kappa shape index (κ1) is 28.3. The van der Waals surface area contributed by atoms with Crippen LogP contribution in [0, 0.1) is 0 Å². The van der Waals surface area contributed by atoms with Crippen LogP contribution in [-0.2, 0) is 16.1 Å². The smallest absolute Gasteiger partial charge is 0.415 e. The highest BCUT2D eigenvalue weighted by molar-refractivity contribution is 5.95. The quantitative estimate of drug-likeness (QED) is 0.256. The van der Waals surface area contributed by atoms with E-state index in [4.69, 9.17) is 19.3 Å². The van der Waals surface area contributed by atoms with Gasteiger partial charge in [-0.15, -0.1) is 0 Å². The van der Waals surface area contributed by atoms with Gasteiger partial charge in [-0.2, -0.15) is 0 Å². The van der Waals surface area contributed by atoms with Gasteiger partial charge in [0.25, 0.3) is 5.91 Å². The van der Waals surface area contributed by atoms with Crippen molar-refractivity contribution < 1.29 is 33.7 Å². The van der Waals surface area contributed by atoms with Crippen LogP contribution in [0.5, 0.6) is 11.5 Å². The number of benzene rings is 2. The number of nitrogens with zero attached hydrogens (tertiary/aromatic N) is 2. The number of amides is 3. The molecule has 1 saturated heterocycles. The number of fused-ring (bicyclic) bond motifs is 1. The van der Waals surface area contributed by atoms with Gasteiger partial charge < -0.3 is 35.3 Å². The summed E-state index contributed by atoms with van der Waals surface area (Å²) >= 11 is 0. The van der Waals surface area contributed by atoms with E-state index in [1.165, 1.54) is 4.90 Å². The van der Waals surface area contributed by atoms with Crippen molar-refractivity contribution in [1.82, 2.24) is 15.6 Å². The van der Waals surface area contributed by atoms with E-state index in [9.17, 15) is 14.4 Å². The molecule has 2 aliphatic heterocycles. The fraction of sp³-hybridized carbons (Fsp3) is 0.355. The van der Waals surface area contributed by atoms with Gasteiger partial charge in [-0.05, 0) is 72.8 Å². The van der Waals surface area contributed by atoms with E-state index in [1.807, 2.05) is 30.3 Å². The summed E-state index contributed by atoms with van der Waals surface area (Å²) in [6, 6.07) is 19.5. The normalized spacial score (nSPS) is 21.0. The molecular formula is C31H33N5O7. The molecule has 1 aliphatic carbocycles. The maximum atomic E-state index is 12.5. The second-order valence-electron chi connectivity index (χ2n) is 10.9. The van der Waals surface area contributed by atoms with Gasteiger partial charge in [0, 0.05) is 19.0 Å². The van der Waals surface area contributed by atoms with E-state index in [2.05, 4.69) is 39.1 Å². The third-order valence-corrected chi connectivity index (χ3v) is 7.69. The van der Waals surface area contributed by atoms with E-state index in [0.29, 0.717) is 49.9 Å². The van der Waals surface area contributed by atoms with E-state index in [-0.39, 0.29) is 30.8 Å². The minimum Gasteiger partial charge on any atom is -0.490 e. The van der Waals surface area contributed by atoms with Crippen molar-refractivity contribution in [2.24, 2.45) is 0 Å². The van der Waals surface area contributed by atoms with Gasteiger partial charge in [-0.1, -0.05) is 30.3 Å². The fourth-order valence-electron chi connectivity index (χ4n) is 5.61. The molecule has 0 radical (unpaired) electrons. The summed E-state index contributed by atoms with van der Waals surface area (Å²) in [6.07, 6.45) is 1.12. The van der Waals surface area contributed by atoms with Crippen LogP contribution in [0.1, 0.15) is 31.2 Å². The highest BCUT2D eigenvalue weighted by Crippen LogP contribution is 2.31. The summed E-state index contributed by atoms with van der Waals surface area (Å²) in [5.41, 5.74) is 3.23. The Balaban J connectivity index is 0.983. The van der Waals surface area contributed by atoms with E-state index >= 15 is 0 Å². The molecule has 12 nitrogen and oxygen atoms in total. The predicted octanol–water partition coefficient (Wildman–Crippen LogP) is 4.15. The molecule has 3 amide bonds. The number of hydrogen-bond acceptors (Lipinski definition) is 8. The number of nitrogens with one attached hydrogen (secondary N) is 3. The van der Waals surface area contributed by atoms with Crippen molar-refractivity contribution in [3.8, 4) is 22.6 Å². The monoisotopic (exact) mass is 587 g/mol. The number of anilines is 2. The van der Waals surface area contributed by atoms with Gasteiger partial charge in [-0.25, -0.2) is 14.6 Å². The molecule has 12 heteroatoms. The molecule has 43 heavy (non-hydrogen) atoms. The van der Waals surface area contributed by atoms with Crippen LogP contribution >= 0.6 is 0 Å². The van der Waals surface area contributed by atoms with Gasteiger partial charge >= 0.3 is 12.2 Å². The van der Waals surface area contributed by atoms with E-state index in [1.54, 1.807) is 12.1 Å². The van der Waals surface area contributed by atoms with Crippen LogP contribution in [0.25, 0.3) is 11.1 Å². The number of pyridine rings is 1. The fourth-order valence-corrected chi connectivity index (χ4v) is 5.61. The molecule has 3 heterocycles. The number of carbonyl (C=O) groups is 3. The summed E-state index contributed by atoms with van der Waals surface area (Å²) in [6.45, 7) is 1.62. The number of hydrogen-bond donors (Lipinski definition) is 4. The molecule has 224 valence electrons. The van der Waals surface area contributed by atoms with Crippen molar-refractivity contribution in [3.05, 3.63) is 66.2 Å². The number of carboxylic acid groups (broad SMARTS) is 1. The summed E-state index contributed by atoms with van der Waals surface area (Å²) in [5, 5.41) is 17.6. The average Bonchev–Trinajstić information content (AvgIpc) is 3.60. The van der Waals surface area contributed by atoms with Crippen molar-refractivity contribution in [2.45, 2.75) is 50.5 Å². The van der Waals surface area contributed by atoms with Gasteiger partial charge in [0.05, 0.1) is 6.54 Å². The molecule has 3 aliphatic rings. The molecule has 1 unspecified atom stereocenters. The zero-order valence-corrected chi connectivity index (χ0v) is 23.5. The van der Waals surface area contributed by atoms with Crippen LogP contribution in [0.15, 0.2) is 60.7 Å². The van der Waals surface area contributed by atoms with E-state index in [0.717, 1.165) is 35.3 Å². The highest BCUT2D eigenvalue weighted by Gasteiger charge is 2.33. The van der Waals surface area contributed by atoms with Crippen LogP contribution in [0.3, 0.4) is 0 Å². The molecule has 2 aromatic carbocycles. The first-order valence-electron chi connectivity index (χ1n) is 14.4. The largest absolute Gasteiger partial charge is 0.490 e. The Labute approximate surface area is 248 Å². The Kier molecular flexibility index (Phi) is 8.27. The van der Waals surface area contributed by atoms with Gasteiger partial charge in [0.1, 0.15) is 23.8 Å². The highest BCUT2D eigenvalue weighted by atomic mass is 16.6.